The van der Waals surface area contributed by atoms with E-state index < -0.39 is 0 Å². The molecular weight excluding hydrogens is 248 g/mol. The molecule has 0 radical (unpaired) electrons. The van der Waals surface area contributed by atoms with E-state index >= 15 is 0 Å². The lowest BCUT2D eigenvalue weighted by Crippen LogP contribution is -2.43. The average molecular weight is 276 g/mol. The molecule has 1 aromatic heterocycles. The second-order valence-electron chi connectivity index (χ2n) is 7.07. The highest BCUT2D eigenvalue weighted by atomic mass is 16.5. The zero-order valence-corrected chi connectivity index (χ0v) is 13.4. The van der Waals surface area contributed by atoms with Gasteiger partial charge < -0.3 is 10.1 Å². The molecule has 3 heteroatoms. The Hall–Kier alpha value is -0.930. The van der Waals surface area contributed by atoms with E-state index in [1.54, 1.807) is 0 Å². The van der Waals surface area contributed by atoms with E-state index in [0.717, 1.165) is 19.3 Å². The highest BCUT2D eigenvalue weighted by Crippen LogP contribution is 2.44. The number of rotatable bonds is 5. The summed E-state index contributed by atoms with van der Waals surface area (Å²) in [5.74, 6) is 0.541. The van der Waals surface area contributed by atoms with Crippen LogP contribution in [-0.2, 0) is 11.2 Å². The summed E-state index contributed by atoms with van der Waals surface area (Å²) in [4.78, 5) is 4.19. The van der Waals surface area contributed by atoms with E-state index in [9.17, 15) is 0 Å². The fraction of sp³-hybridized carbons (Fsp3) is 0.706. The Labute approximate surface area is 123 Å². The monoisotopic (exact) mass is 276 g/mol. The average Bonchev–Trinajstić information content (AvgIpc) is 2.60. The van der Waals surface area contributed by atoms with Crippen molar-refractivity contribution in [1.82, 2.24) is 10.3 Å². The SMILES string of the molecule is CNC(CCc1cccnc1)C1CC(C)(C)OC1(C)C. The molecule has 0 amide bonds. The molecule has 2 rings (SSSR count). The minimum absolute atomic E-state index is 0.0163. The number of nitrogens with one attached hydrogen (secondary N) is 1. The van der Waals surface area contributed by atoms with Crippen LogP contribution in [0.3, 0.4) is 0 Å². The van der Waals surface area contributed by atoms with Crippen molar-refractivity contribution in [3.63, 3.8) is 0 Å². The first-order valence-electron chi connectivity index (χ1n) is 7.60. The molecule has 1 aliphatic rings. The van der Waals surface area contributed by atoms with Gasteiger partial charge in [-0.25, -0.2) is 0 Å². The summed E-state index contributed by atoms with van der Waals surface area (Å²) in [6.07, 6.45) is 7.09. The smallest absolute Gasteiger partial charge is 0.0677 e. The minimum Gasteiger partial charge on any atom is -0.369 e. The van der Waals surface area contributed by atoms with Crippen molar-refractivity contribution in [3.8, 4) is 0 Å². The van der Waals surface area contributed by atoms with Gasteiger partial charge in [0.05, 0.1) is 11.2 Å². The van der Waals surface area contributed by atoms with Crippen molar-refractivity contribution >= 4 is 0 Å². The zero-order valence-electron chi connectivity index (χ0n) is 13.4. The van der Waals surface area contributed by atoms with Crippen LogP contribution in [0, 0.1) is 5.92 Å². The van der Waals surface area contributed by atoms with Gasteiger partial charge in [-0.15, -0.1) is 0 Å². The molecule has 1 fully saturated rings. The summed E-state index contributed by atoms with van der Waals surface area (Å²) < 4.78 is 6.23. The van der Waals surface area contributed by atoms with E-state index in [2.05, 4.69) is 51.1 Å². The Morgan fingerprint density at radius 1 is 1.40 bits per heavy atom. The molecule has 2 atom stereocenters. The molecule has 2 unspecified atom stereocenters. The van der Waals surface area contributed by atoms with Gasteiger partial charge >= 0.3 is 0 Å². The van der Waals surface area contributed by atoms with E-state index in [4.69, 9.17) is 4.74 Å². The first-order valence-corrected chi connectivity index (χ1v) is 7.60. The molecule has 0 aromatic carbocycles. The maximum absolute atomic E-state index is 6.23. The van der Waals surface area contributed by atoms with E-state index in [1.165, 1.54) is 5.56 Å². The lowest BCUT2D eigenvalue weighted by atomic mass is 9.79. The third kappa shape index (κ3) is 3.58. The molecule has 0 bridgehead atoms. The van der Waals surface area contributed by atoms with Crippen LogP contribution in [0.25, 0.3) is 0 Å². The van der Waals surface area contributed by atoms with Gasteiger partial charge in [-0.05, 0) is 65.6 Å². The second kappa shape index (κ2) is 5.82. The summed E-state index contributed by atoms with van der Waals surface area (Å²) in [5.41, 5.74) is 1.23. The first kappa shape index (κ1) is 15.5. The fourth-order valence-corrected chi connectivity index (χ4v) is 3.65. The quantitative estimate of drug-likeness (QED) is 0.897. The van der Waals surface area contributed by atoms with Gasteiger partial charge in [-0.1, -0.05) is 6.07 Å². The highest BCUT2D eigenvalue weighted by Gasteiger charge is 2.48. The number of pyridine rings is 1. The first-order chi connectivity index (χ1) is 9.34. The number of nitrogens with zero attached hydrogens (tertiary/aromatic N) is 1. The van der Waals surface area contributed by atoms with Crippen molar-refractivity contribution < 1.29 is 4.74 Å². The van der Waals surface area contributed by atoms with E-state index in [0.29, 0.717) is 12.0 Å². The third-order valence-electron chi connectivity index (χ3n) is 4.47. The number of aryl methyl sites for hydroxylation is 1. The predicted octanol–water partition coefficient (Wildman–Crippen LogP) is 3.20. The van der Waals surface area contributed by atoms with Crippen molar-refractivity contribution in [2.75, 3.05) is 7.05 Å². The van der Waals surface area contributed by atoms with Crippen LogP contribution >= 0.6 is 0 Å². The number of aromatic nitrogens is 1. The van der Waals surface area contributed by atoms with Crippen LogP contribution in [0.2, 0.25) is 0 Å². The Morgan fingerprint density at radius 3 is 2.65 bits per heavy atom. The van der Waals surface area contributed by atoms with Crippen LogP contribution in [0.5, 0.6) is 0 Å². The molecule has 0 spiro atoms. The van der Waals surface area contributed by atoms with Crippen LogP contribution in [0.4, 0.5) is 0 Å². The standard InChI is InChI=1S/C17H28N2O/c1-16(2)11-14(17(3,4)20-16)15(18-5)9-8-13-7-6-10-19-12-13/h6-7,10,12,14-15,18H,8-9,11H2,1-5H3. The van der Waals surface area contributed by atoms with Crippen molar-refractivity contribution in [1.29, 1.82) is 0 Å². The third-order valence-corrected chi connectivity index (χ3v) is 4.47. The molecule has 0 aliphatic carbocycles. The molecule has 3 nitrogen and oxygen atoms in total. The summed E-state index contributed by atoms with van der Waals surface area (Å²) >= 11 is 0. The Balaban J connectivity index is 2.01. The van der Waals surface area contributed by atoms with Gasteiger partial charge in [0.25, 0.3) is 0 Å². The number of hydrogen-bond acceptors (Lipinski definition) is 3. The summed E-state index contributed by atoms with van der Waals surface area (Å²) in [6, 6.07) is 4.64. The van der Waals surface area contributed by atoms with Gasteiger partial charge in [-0.3, -0.25) is 4.98 Å². The lowest BCUT2D eigenvalue weighted by molar-refractivity contribution is -0.0776. The molecule has 1 saturated heterocycles. The predicted molar refractivity (Wildman–Crippen MR) is 82.8 cm³/mol. The molecule has 112 valence electrons. The van der Waals surface area contributed by atoms with Gasteiger partial charge in [0, 0.05) is 24.4 Å². The van der Waals surface area contributed by atoms with Crippen molar-refractivity contribution in [2.45, 2.75) is 64.2 Å². The number of ether oxygens (including phenoxy) is 1. The molecule has 1 N–H and O–H groups in total. The maximum atomic E-state index is 6.23. The molecule has 20 heavy (non-hydrogen) atoms. The second-order valence-corrected chi connectivity index (χ2v) is 7.07. The van der Waals surface area contributed by atoms with Gasteiger partial charge in [0.2, 0.25) is 0 Å². The Morgan fingerprint density at radius 2 is 2.15 bits per heavy atom. The Bertz CT molecular complexity index is 428. The molecular formula is C17H28N2O. The van der Waals surface area contributed by atoms with Gasteiger partial charge in [0.1, 0.15) is 0 Å². The lowest BCUT2D eigenvalue weighted by Gasteiger charge is -2.33. The van der Waals surface area contributed by atoms with Crippen LogP contribution < -0.4 is 5.32 Å². The fourth-order valence-electron chi connectivity index (χ4n) is 3.65. The minimum atomic E-state index is -0.0634. The van der Waals surface area contributed by atoms with E-state index in [1.807, 2.05) is 18.5 Å². The van der Waals surface area contributed by atoms with Gasteiger partial charge in [-0.2, -0.15) is 0 Å². The normalized spacial score (nSPS) is 25.6. The largest absolute Gasteiger partial charge is 0.369 e. The molecule has 1 aliphatic heterocycles. The topological polar surface area (TPSA) is 34.2 Å². The van der Waals surface area contributed by atoms with E-state index in [-0.39, 0.29) is 11.2 Å². The van der Waals surface area contributed by atoms with Crippen molar-refractivity contribution in [2.24, 2.45) is 5.92 Å². The molecule has 1 aromatic rings. The highest BCUT2D eigenvalue weighted by molar-refractivity contribution is 5.09. The summed E-state index contributed by atoms with van der Waals surface area (Å²) in [6.45, 7) is 8.84. The zero-order chi connectivity index (χ0) is 14.8. The molecule has 2 heterocycles. The summed E-state index contributed by atoms with van der Waals surface area (Å²) in [5, 5.41) is 3.51. The number of hydrogen-bond donors (Lipinski definition) is 1. The van der Waals surface area contributed by atoms with Crippen LogP contribution in [-0.4, -0.2) is 29.3 Å². The summed E-state index contributed by atoms with van der Waals surface area (Å²) in [7, 11) is 2.06. The molecule has 0 saturated carbocycles. The maximum Gasteiger partial charge on any atom is 0.0677 e. The van der Waals surface area contributed by atoms with Crippen LogP contribution in [0.1, 0.15) is 46.1 Å². The van der Waals surface area contributed by atoms with Crippen molar-refractivity contribution in [3.05, 3.63) is 30.1 Å². The van der Waals surface area contributed by atoms with Crippen LogP contribution in [0.15, 0.2) is 24.5 Å². The van der Waals surface area contributed by atoms with Gasteiger partial charge in [0.15, 0.2) is 0 Å². The Kier molecular flexibility index (Phi) is 4.50.